The molecule has 182 valence electrons. The van der Waals surface area contributed by atoms with Crippen LogP contribution in [-0.2, 0) is 11.3 Å². The number of rotatable bonds is 8. The first-order valence-corrected chi connectivity index (χ1v) is 11.8. The van der Waals surface area contributed by atoms with Crippen LogP contribution in [0.5, 0.6) is 0 Å². The third kappa shape index (κ3) is 5.93. The van der Waals surface area contributed by atoms with Gasteiger partial charge in [-0.15, -0.1) is 0 Å². The molecule has 3 N–H and O–H groups in total. The number of nitrogens with zero attached hydrogens (tertiary/aromatic N) is 4. The summed E-state index contributed by atoms with van der Waals surface area (Å²) < 4.78 is 1.32. The molecule has 1 aliphatic carbocycles. The molecule has 0 unspecified atom stereocenters. The van der Waals surface area contributed by atoms with Crippen molar-refractivity contribution in [2.24, 2.45) is 0 Å². The average molecular weight is 482 g/mol. The first kappa shape index (κ1) is 23.2. The zero-order chi connectivity index (χ0) is 25.1. The van der Waals surface area contributed by atoms with E-state index in [1.807, 2.05) is 56.3 Å². The Kier molecular flexibility index (Phi) is 6.44. The molecule has 0 radical (unpaired) electrons. The summed E-state index contributed by atoms with van der Waals surface area (Å²) in [4.78, 5) is 38.0. The number of aromatic nitrogens is 4. The predicted molar refractivity (Wildman–Crippen MR) is 140 cm³/mol. The average Bonchev–Trinajstić information content (AvgIpc) is 3.68. The Balaban J connectivity index is 1.20. The molecule has 1 amide bonds. The number of hydrogen-bond acceptors (Lipinski definition) is 7. The van der Waals surface area contributed by atoms with E-state index in [9.17, 15) is 9.59 Å². The Bertz CT molecular complexity index is 1440. The van der Waals surface area contributed by atoms with Gasteiger partial charge in [0.05, 0.1) is 12.0 Å². The number of amides is 1. The van der Waals surface area contributed by atoms with Crippen molar-refractivity contribution in [3.8, 4) is 0 Å². The van der Waals surface area contributed by atoms with Crippen molar-refractivity contribution in [1.82, 2.24) is 19.5 Å². The third-order valence-corrected chi connectivity index (χ3v) is 5.81. The standard InChI is InChI=1S/C27H27N7O2/c1-17-3-7-22(8-4-17)32-27-29-18(2)13-24(33-27)30-20-9-11-21(12-10-20)31-25(35)15-34-16-28-23(14-26(34)36)19-5-6-19/h3-4,7-14,16,19H,5-6,15H2,1-2H3,(H,31,35)(H2,29,30,32,33). The largest absolute Gasteiger partial charge is 0.340 e. The summed E-state index contributed by atoms with van der Waals surface area (Å²) in [5, 5.41) is 9.31. The van der Waals surface area contributed by atoms with Gasteiger partial charge >= 0.3 is 0 Å². The highest BCUT2D eigenvalue weighted by Gasteiger charge is 2.25. The number of carbonyl (C=O) groups is 1. The molecule has 36 heavy (non-hydrogen) atoms. The summed E-state index contributed by atoms with van der Waals surface area (Å²) >= 11 is 0. The van der Waals surface area contributed by atoms with Crippen molar-refractivity contribution in [2.45, 2.75) is 39.2 Å². The number of hydrogen-bond donors (Lipinski definition) is 3. The molecule has 2 aromatic carbocycles. The van der Waals surface area contributed by atoms with E-state index in [0.717, 1.165) is 35.6 Å². The minimum absolute atomic E-state index is 0.0895. The fourth-order valence-corrected chi connectivity index (χ4v) is 3.76. The van der Waals surface area contributed by atoms with Gasteiger partial charge in [0, 0.05) is 40.8 Å². The number of carbonyl (C=O) groups excluding carboxylic acids is 1. The van der Waals surface area contributed by atoms with E-state index < -0.39 is 0 Å². The lowest BCUT2D eigenvalue weighted by Gasteiger charge is -2.11. The number of aryl methyl sites for hydroxylation is 2. The van der Waals surface area contributed by atoms with Crippen LogP contribution in [0.25, 0.3) is 0 Å². The Morgan fingerprint density at radius 1 is 0.917 bits per heavy atom. The Morgan fingerprint density at radius 3 is 2.28 bits per heavy atom. The second-order valence-corrected chi connectivity index (χ2v) is 9.01. The lowest BCUT2D eigenvalue weighted by atomic mass is 10.2. The Hall–Kier alpha value is -4.53. The van der Waals surface area contributed by atoms with Crippen molar-refractivity contribution < 1.29 is 4.79 Å². The fourth-order valence-electron chi connectivity index (χ4n) is 3.76. The highest BCUT2D eigenvalue weighted by molar-refractivity contribution is 5.90. The van der Waals surface area contributed by atoms with Gasteiger partial charge in [0.25, 0.3) is 5.56 Å². The monoisotopic (exact) mass is 481 g/mol. The van der Waals surface area contributed by atoms with Gasteiger partial charge in [0.1, 0.15) is 12.4 Å². The molecule has 2 aromatic heterocycles. The van der Waals surface area contributed by atoms with E-state index in [0.29, 0.717) is 23.4 Å². The second kappa shape index (κ2) is 9.99. The lowest BCUT2D eigenvalue weighted by molar-refractivity contribution is -0.116. The van der Waals surface area contributed by atoms with Crippen molar-refractivity contribution >= 4 is 34.7 Å². The zero-order valence-electron chi connectivity index (χ0n) is 20.2. The normalized spacial score (nSPS) is 12.7. The molecule has 0 spiro atoms. The second-order valence-electron chi connectivity index (χ2n) is 9.01. The van der Waals surface area contributed by atoms with Gasteiger partial charge in [0.15, 0.2) is 0 Å². The molecule has 0 saturated heterocycles. The molecule has 0 bridgehead atoms. The van der Waals surface area contributed by atoms with Gasteiger partial charge in [0.2, 0.25) is 11.9 Å². The van der Waals surface area contributed by atoms with Crippen LogP contribution in [0.1, 0.15) is 35.7 Å². The summed E-state index contributed by atoms with van der Waals surface area (Å²) in [5.74, 6) is 1.25. The van der Waals surface area contributed by atoms with Gasteiger partial charge in [-0.05, 0) is 63.1 Å². The van der Waals surface area contributed by atoms with Crippen LogP contribution >= 0.6 is 0 Å². The highest BCUT2D eigenvalue weighted by Crippen LogP contribution is 2.38. The Labute approximate surface area is 208 Å². The van der Waals surface area contributed by atoms with Crippen molar-refractivity contribution in [1.29, 1.82) is 0 Å². The topological polar surface area (TPSA) is 114 Å². The SMILES string of the molecule is Cc1ccc(Nc2nc(C)cc(Nc3ccc(NC(=O)Cn4cnc(C5CC5)cc4=O)cc3)n2)cc1. The number of anilines is 5. The van der Waals surface area contributed by atoms with Gasteiger partial charge in [-0.25, -0.2) is 9.97 Å². The molecule has 5 rings (SSSR count). The molecule has 1 saturated carbocycles. The van der Waals surface area contributed by atoms with E-state index in [2.05, 4.69) is 30.9 Å². The van der Waals surface area contributed by atoms with Gasteiger partial charge in [-0.3, -0.25) is 14.2 Å². The van der Waals surface area contributed by atoms with Gasteiger partial charge in [-0.1, -0.05) is 17.7 Å². The fraction of sp³-hybridized carbons (Fsp3) is 0.222. The maximum atomic E-state index is 12.4. The molecule has 0 atom stereocenters. The van der Waals surface area contributed by atoms with Crippen molar-refractivity contribution in [3.63, 3.8) is 0 Å². The summed E-state index contributed by atoms with van der Waals surface area (Å²) in [6, 6.07) is 18.7. The van der Waals surface area contributed by atoms with Crippen LogP contribution < -0.4 is 21.5 Å². The van der Waals surface area contributed by atoms with Crippen LogP contribution in [0.2, 0.25) is 0 Å². The predicted octanol–water partition coefficient (Wildman–Crippen LogP) is 4.65. The van der Waals surface area contributed by atoms with E-state index >= 15 is 0 Å². The minimum Gasteiger partial charge on any atom is -0.340 e. The van der Waals surface area contributed by atoms with Gasteiger partial charge in [-0.2, -0.15) is 4.98 Å². The maximum absolute atomic E-state index is 12.4. The lowest BCUT2D eigenvalue weighted by Crippen LogP contribution is -2.27. The first-order valence-electron chi connectivity index (χ1n) is 11.8. The summed E-state index contributed by atoms with van der Waals surface area (Å²) in [7, 11) is 0. The molecular formula is C27H27N7O2. The molecule has 9 nitrogen and oxygen atoms in total. The van der Waals surface area contributed by atoms with E-state index in [-0.39, 0.29) is 18.0 Å². The molecule has 1 aliphatic rings. The highest BCUT2D eigenvalue weighted by atomic mass is 16.2. The molecule has 2 heterocycles. The van der Waals surface area contributed by atoms with E-state index in [4.69, 9.17) is 0 Å². The van der Waals surface area contributed by atoms with Crippen LogP contribution in [0.3, 0.4) is 0 Å². The molecule has 4 aromatic rings. The molecular weight excluding hydrogens is 454 g/mol. The molecule has 0 aliphatic heterocycles. The molecule has 1 fully saturated rings. The first-order chi connectivity index (χ1) is 17.4. The van der Waals surface area contributed by atoms with Crippen molar-refractivity contribution in [3.05, 3.63) is 94.3 Å². The quantitative estimate of drug-likeness (QED) is 0.336. The van der Waals surface area contributed by atoms with Crippen LogP contribution in [-0.4, -0.2) is 25.4 Å². The number of nitrogens with one attached hydrogen (secondary N) is 3. The Morgan fingerprint density at radius 2 is 1.58 bits per heavy atom. The van der Waals surface area contributed by atoms with Crippen LogP contribution in [0.15, 0.2) is 71.8 Å². The summed E-state index contributed by atoms with van der Waals surface area (Å²) in [5.41, 5.74) is 4.95. The van der Waals surface area contributed by atoms with Crippen LogP contribution in [0.4, 0.5) is 28.8 Å². The maximum Gasteiger partial charge on any atom is 0.254 e. The van der Waals surface area contributed by atoms with E-state index in [1.165, 1.54) is 22.5 Å². The van der Waals surface area contributed by atoms with E-state index in [1.54, 1.807) is 12.1 Å². The molecule has 9 heteroatoms. The summed E-state index contributed by atoms with van der Waals surface area (Å²) in [6.07, 6.45) is 3.60. The van der Waals surface area contributed by atoms with Crippen molar-refractivity contribution in [2.75, 3.05) is 16.0 Å². The van der Waals surface area contributed by atoms with Gasteiger partial charge < -0.3 is 16.0 Å². The number of benzene rings is 2. The summed E-state index contributed by atoms with van der Waals surface area (Å²) in [6.45, 7) is 3.86. The minimum atomic E-state index is -0.294. The zero-order valence-corrected chi connectivity index (χ0v) is 20.2. The third-order valence-electron chi connectivity index (χ3n) is 5.81. The van der Waals surface area contributed by atoms with Crippen LogP contribution in [0, 0.1) is 13.8 Å². The smallest absolute Gasteiger partial charge is 0.254 e.